The number of unbranched alkanes of at least 4 members (excludes halogenated alkanes) is 2. The van der Waals surface area contributed by atoms with Gasteiger partial charge >= 0.3 is 5.97 Å². The van der Waals surface area contributed by atoms with E-state index in [9.17, 15) is 14.4 Å². The van der Waals surface area contributed by atoms with Crippen molar-refractivity contribution in [3.05, 3.63) is 42.5 Å². The highest BCUT2D eigenvalue weighted by atomic mass is 16.4. The van der Waals surface area contributed by atoms with Gasteiger partial charge in [0.15, 0.2) is 0 Å². The maximum atomic E-state index is 12.1. The topological polar surface area (TPSA) is 95.5 Å². The summed E-state index contributed by atoms with van der Waals surface area (Å²) in [5.74, 6) is -1.17. The largest absolute Gasteiger partial charge is 0.481 e. The van der Waals surface area contributed by atoms with Crippen LogP contribution in [0.25, 0.3) is 10.8 Å². The standard InChI is InChI=1S/C20H24N2O4/c23-18(21-14-5-1-2-11-20(25)26)12-13-19(24)22-17-10-6-8-15-7-3-4-9-16(15)17/h3-4,6-10H,1-2,5,11-14H2,(H,21,23)(H,22,24)(H,25,26). The van der Waals surface area contributed by atoms with Crippen LogP contribution in [0.2, 0.25) is 0 Å². The lowest BCUT2D eigenvalue weighted by atomic mass is 10.1. The van der Waals surface area contributed by atoms with Crippen molar-refractivity contribution in [2.24, 2.45) is 0 Å². The summed E-state index contributed by atoms with van der Waals surface area (Å²) >= 11 is 0. The lowest BCUT2D eigenvalue weighted by Gasteiger charge is -2.09. The summed E-state index contributed by atoms with van der Waals surface area (Å²) in [4.78, 5) is 34.2. The zero-order valence-corrected chi connectivity index (χ0v) is 14.7. The van der Waals surface area contributed by atoms with E-state index in [4.69, 9.17) is 5.11 Å². The van der Waals surface area contributed by atoms with Gasteiger partial charge in [-0.3, -0.25) is 14.4 Å². The molecular weight excluding hydrogens is 332 g/mol. The van der Waals surface area contributed by atoms with Crippen molar-refractivity contribution in [2.75, 3.05) is 11.9 Å². The normalized spacial score (nSPS) is 10.5. The maximum Gasteiger partial charge on any atom is 0.303 e. The van der Waals surface area contributed by atoms with E-state index in [1.165, 1.54) is 0 Å². The minimum absolute atomic E-state index is 0.119. The van der Waals surface area contributed by atoms with Crippen molar-refractivity contribution in [1.82, 2.24) is 5.32 Å². The van der Waals surface area contributed by atoms with Crippen molar-refractivity contribution in [1.29, 1.82) is 0 Å². The summed E-state index contributed by atoms with van der Waals surface area (Å²) in [7, 11) is 0. The van der Waals surface area contributed by atoms with Crippen LogP contribution in [0, 0.1) is 0 Å². The van der Waals surface area contributed by atoms with Crippen molar-refractivity contribution in [3.8, 4) is 0 Å². The predicted molar refractivity (Wildman–Crippen MR) is 101 cm³/mol. The van der Waals surface area contributed by atoms with E-state index >= 15 is 0 Å². The molecule has 0 spiro atoms. The summed E-state index contributed by atoms with van der Waals surface area (Å²) in [6.45, 7) is 0.503. The number of carbonyl (C=O) groups is 3. The summed E-state index contributed by atoms with van der Waals surface area (Å²) < 4.78 is 0. The third-order valence-corrected chi connectivity index (χ3v) is 4.03. The van der Waals surface area contributed by atoms with Gasteiger partial charge in [-0.2, -0.15) is 0 Å². The van der Waals surface area contributed by atoms with E-state index < -0.39 is 5.97 Å². The molecule has 0 aliphatic heterocycles. The van der Waals surface area contributed by atoms with Crippen LogP contribution in [-0.4, -0.2) is 29.4 Å². The third-order valence-electron chi connectivity index (χ3n) is 4.03. The van der Waals surface area contributed by atoms with E-state index in [1.807, 2.05) is 42.5 Å². The highest BCUT2D eigenvalue weighted by Gasteiger charge is 2.08. The third kappa shape index (κ3) is 6.55. The fraction of sp³-hybridized carbons (Fsp3) is 0.350. The second-order valence-corrected chi connectivity index (χ2v) is 6.13. The molecular formula is C20H24N2O4. The molecule has 6 heteroatoms. The van der Waals surface area contributed by atoms with E-state index in [-0.39, 0.29) is 31.1 Å². The van der Waals surface area contributed by atoms with Crippen LogP contribution < -0.4 is 10.6 Å². The first-order valence-corrected chi connectivity index (χ1v) is 8.82. The van der Waals surface area contributed by atoms with Gasteiger partial charge in [0.05, 0.1) is 0 Å². The maximum absolute atomic E-state index is 12.1. The molecule has 0 bridgehead atoms. The summed E-state index contributed by atoms with van der Waals surface area (Å²) in [5, 5.41) is 16.2. The quantitative estimate of drug-likeness (QED) is 0.569. The highest BCUT2D eigenvalue weighted by molar-refractivity contribution is 6.02. The van der Waals surface area contributed by atoms with Gasteiger partial charge in [0.1, 0.15) is 0 Å². The van der Waals surface area contributed by atoms with Gasteiger partial charge in [-0.05, 0) is 24.3 Å². The van der Waals surface area contributed by atoms with Gasteiger partial charge in [-0.1, -0.05) is 42.8 Å². The van der Waals surface area contributed by atoms with E-state index in [0.29, 0.717) is 13.0 Å². The van der Waals surface area contributed by atoms with Crippen LogP contribution in [0.1, 0.15) is 38.5 Å². The molecule has 3 N–H and O–H groups in total. The van der Waals surface area contributed by atoms with Gasteiger partial charge in [0.2, 0.25) is 11.8 Å². The fourth-order valence-corrected chi connectivity index (χ4v) is 2.67. The molecule has 138 valence electrons. The molecule has 2 aromatic rings. The first-order valence-electron chi connectivity index (χ1n) is 8.82. The number of carbonyl (C=O) groups excluding carboxylic acids is 2. The first kappa shape index (κ1) is 19.4. The molecule has 0 aromatic heterocycles. The molecule has 2 amide bonds. The number of hydrogen-bond acceptors (Lipinski definition) is 3. The van der Waals surface area contributed by atoms with Gasteiger partial charge < -0.3 is 15.7 Å². The van der Waals surface area contributed by atoms with E-state index in [1.54, 1.807) is 0 Å². The zero-order valence-electron chi connectivity index (χ0n) is 14.7. The molecule has 0 heterocycles. The molecule has 0 radical (unpaired) electrons. The molecule has 0 aliphatic carbocycles. The molecule has 26 heavy (non-hydrogen) atoms. The number of rotatable bonds is 10. The summed E-state index contributed by atoms with van der Waals surface area (Å²) in [6.07, 6.45) is 2.51. The molecule has 0 fully saturated rings. The Labute approximate surface area is 152 Å². The Morgan fingerprint density at radius 1 is 0.808 bits per heavy atom. The average Bonchev–Trinajstić information content (AvgIpc) is 2.63. The SMILES string of the molecule is O=C(O)CCCCCNC(=O)CCC(=O)Nc1cccc2ccccc12. The zero-order chi connectivity index (χ0) is 18.8. The highest BCUT2D eigenvalue weighted by Crippen LogP contribution is 2.23. The van der Waals surface area contributed by atoms with Crippen LogP contribution in [0.15, 0.2) is 42.5 Å². The number of hydrogen-bond donors (Lipinski definition) is 3. The lowest BCUT2D eigenvalue weighted by molar-refractivity contribution is -0.137. The number of carboxylic acids is 1. The smallest absolute Gasteiger partial charge is 0.303 e. The van der Waals surface area contributed by atoms with Gasteiger partial charge in [-0.15, -0.1) is 0 Å². The Hall–Kier alpha value is -2.89. The molecule has 0 atom stereocenters. The molecule has 0 aliphatic rings. The molecule has 0 unspecified atom stereocenters. The second-order valence-electron chi connectivity index (χ2n) is 6.13. The molecule has 2 rings (SSSR count). The van der Waals surface area contributed by atoms with Gasteiger partial charge in [-0.25, -0.2) is 0 Å². The number of anilines is 1. The van der Waals surface area contributed by atoms with Crippen LogP contribution in [-0.2, 0) is 14.4 Å². The number of carboxylic acid groups (broad SMARTS) is 1. The van der Waals surface area contributed by atoms with Crippen LogP contribution in [0.3, 0.4) is 0 Å². The molecule has 2 aromatic carbocycles. The number of benzene rings is 2. The molecule has 6 nitrogen and oxygen atoms in total. The van der Waals surface area contributed by atoms with Gasteiger partial charge in [0, 0.05) is 36.9 Å². The minimum Gasteiger partial charge on any atom is -0.481 e. The van der Waals surface area contributed by atoms with Crippen molar-refractivity contribution in [3.63, 3.8) is 0 Å². The Morgan fingerprint density at radius 3 is 2.35 bits per heavy atom. The number of aliphatic carboxylic acids is 1. The Bertz CT molecular complexity index is 768. The number of amides is 2. The van der Waals surface area contributed by atoms with E-state index in [0.717, 1.165) is 29.3 Å². The Morgan fingerprint density at radius 2 is 1.54 bits per heavy atom. The number of fused-ring (bicyclic) bond motifs is 1. The Balaban J connectivity index is 1.68. The van der Waals surface area contributed by atoms with Gasteiger partial charge in [0.25, 0.3) is 0 Å². The van der Waals surface area contributed by atoms with Crippen LogP contribution in [0.4, 0.5) is 5.69 Å². The summed E-state index contributed by atoms with van der Waals surface area (Å²) in [5.41, 5.74) is 0.743. The first-order chi connectivity index (χ1) is 12.6. The molecule has 0 saturated heterocycles. The second kappa shape index (κ2) is 10.2. The van der Waals surface area contributed by atoms with Crippen LogP contribution >= 0.6 is 0 Å². The average molecular weight is 356 g/mol. The summed E-state index contributed by atoms with van der Waals surface area (Å²) in [6, 6.07) is 13.5. The monoisotopic (exact) mass is 356 g/mol. The van der Waals surface area contributed by atoms with Crippen molar-refractivity contribution >= 4 is 34.2 Å². The van der Waals surface area contributed by atoms with Crippen molar-refractivity contribution in [2.45, 2.75) is 38.5 Å². The predicted octanol–water partition coefficient (Wildman–Crippen LogP) is 3.32. The number of nitrogens with one attached hydrogen (secondary N) is 2. The minimum atomic E-state index is -0.800. The molecule has 0 saturated carbocycles. The van der Waals surface area contributed by atoms with E-state index in [2.05, 4.69) is 10.6 Å². The van der Waals surface area contributed by atoms with Crippen molar-refractivity contribution < 1.29 is 19.5 Å². The Kier molecular flexibility index (Phi) is 7.61. The lowest BCUT2D eigenvalue weighted by Crippen LogP contribution is -2.25. The van der Waals surface area contributed by atoms with Crippen LogP contribution in [0.5, 0.6) is 0 Å². The fourth-order valence-electron chi connectivity index (χ4n) is 2.67.